The molecule has 1 aromatic rings. The molecule has 3 N–H and O–H groups in total. The molecule has 4 heterocycles. The molecule has 3 aliphatic heterocycles. The third-order valence-electron chi connectivity index (χ3n) is 16.4. The average molecular weight is 847 g/mol. The Morgan fingerprint density at radius 3 is 2.20 bits per heavy atom. The minimum Gasteiger partial charge on any atom is -0.472 e. The van der Waals surface area contributed by atoms with Gasteiger partial charge in [-0.05, 0) is 44.6 Å². The lowest BCUT2D eigenvalue weighted by atomic mass is 9.31. The van der Waals surface area contributed by atoms with Crippen LogP contribution in [0.3, 0.4) is 0 Å². The average Bonchev–Trinajstić information content (AvgIpc) is 3.95. The van der Waals surface area contributed by atoms with Crippen LogP contribution in [0.4, 0.5) is 0 Å². The number of methoxy groups -OCH3 is 1. The molecule has 0 unspecified atom stereocenters. The lowest BCUT2D eigenvalue weighted by Gasteiger charge is -2.79. The molecule has 0 radical (unpaired) electrons. The van der Waals surface area contributed by atoms with Gasteiger partial charge in [0.1, 0.15) is 29.5 Å². The van der Waals surface area contributed by atoms with Crippen molar-refractivity contribution in [3.8, 4) is 0 Å². The summed E-state index contributed by atoms with van der Waals surface area (Å²) in [5.41, 5.74) is -18.9. The van der Waals surface area contributed by atoms with Crippen molar-refractivity contribution in [3.63, 3.8) is 0 Å². The molecule has 17 heteroatoms. The molecule has 332 valence electrons. The maximum absolute atomic E-state index is 14.3. The monoisotopic (exact) mass is 846 g/mol. The molecule has 7 aliphatic rings. The van der Waals surface area contributed by atoms with Gasteiger partial charge < -0.3 is 57.6 Å². The second-order valence-corrected chi connectivity index (χ2v) is 19.7. The Hall–Kier alpha value is -3.61. The van der Waals surface area contributed by atoms with Crippen LogP contribution in [0.1, 0.15) is 119 Å². The minimum atomic E-state index is -2.87. The predicted octanol–water partition coefficient (Wildman–Crippen LogP) is 3.33. The van der Waals surface area contributed by atoms with E-state index in [0.29, 0.717) is 12.0 Å². The van der Waals surface area contributed by atoms with Crippen molar-refractivity contribution >= 4 is 29.8 Å². The predicted molar refractivity (Wildman–Crippen MR) is 200 cm³/mol. The summed E-state index contributed by atoms with van der Waals surface area (Å²) in [6.07, 6.45) is -5.14. The molecule has 3 saturated heterocycles. The number of ether oxygens (including phenoxy) is 8. The van der Waals surface area contributed by atoms with E-state index in [-0.39, 0.29) is 19.3 Å². The number of hydrogen-bond donors (Lipinski definition) is 3. The minimum absolute atomic E-state index is 0.106. The summed E-state index contributed by atoms with van der Waals surface area (Å²) in [5, 5.41) is 39.3. The smallest absolute Gasteiger partial charge is 0.338 e. The van der Waals surface area contributed by atoms with Crippen LogP contribution >= 0.6 is 0 Å². The van der Waals surface area contributed by atoms with E-state index in [1.807, 2.05) is 6.92 Å². The van der Waals surface area contributed by atoms with Crippen LogP contribution in [0.15, 0.2) is 23.0 Å². The van der Waals surface area contributed by atoms with Crippen LogP contribution in [-0.4, -0.2) is 110 Å². The Morgan fingerprint density at radius 1 is 0.950 bits per heavy atom. The molecule has 7 fully saturated rings. The molecule has 1 aromatic heterocycles. The van der Waals surface area contributed by atoms with Gasteiger partial charge in [-0.1, -0.05) is 55.4 Å². The van der Waals surface area contributed by atoms with Crippen LogP contribution in [0.2, 0.25) is 0 Å². The highest BCUT2D eigenvalue weighted by Crippen LogP contribution is 2.89. The molecule has 4 saturated carbocycles. The van der Waals surface area contributed by atoms with Crippen LogP contribution in [0.5, 0.6) is 0 Å². The van der Waals surface area contributed by atoms with Gasteiger partial charge in [-0.25, -0.2) is 4.79 Å². The normalized spacial score (nSPS) is 48.0. The maximum Gasteiger partial charge on any atom is 0.338 e. The zero-order chi connectivity index (χ0) is 44.2. The van der Waals surface area contributed by atoms with Crippen molar-refractivity contribution < 1.29 is 81.6 Å². The fourth-order valence-electron chi connectivity index (χ4n) is 13.3. The Kier molecular flexibility index (Phi) is 9.15. The molecule has 4 bridgehead atoms. The third kappa shape index (κ3) is 4.56. The fourth-order valence-corrected chi connectivity index (χ4v) is 13.3. The van der Waals surface area contributed by atoms with E-state index in [9.17, 15) is 39.3 Å². The first-order valence-corrected chi connectivity index (χ1v) is 20.9. The zero-order valence-corrected chi connectivity index (χ0v) is 36.1. The number of hydrogen-bond acceptors (Lipinski definition) is 17. The molecule has 16 atom stereocenters. The Balaban J connectivity index is 1.53. The van der Waals surface area contributed by atoms with Crippen molar-refractivity contribution in [2.24, 2.45) is 34.0 Å². The Labute approximate surface area is 348 Å². The largest absolute Gasteiger partial charge is 0.472 e. The summed E-state index contributed by atoms with van der Waals surface area (Å²) in [7, 11) is 1.19. The van der Waals surface area contributed by atoms with Gasteiger partial charge in [0.15, 0.2) is 28.5 Å². The zero-order valence-electron chi connectivity index (χ0n) is 36.1. The number of carbonyl (C=O) groups excluding carboxylic acids is 5. The van der Waals surface area contributed by atoms with Gasteiger partial charge in [-0.3, -0.25) is 19.2 Å². The van der Waals surface area contributed by atoms with Crippen molar-refractivity contribution in [2.75, 3.05) is 7.11 Å². The van der Waals surface area contributed by atoms with E-state index in [1.165, 1.54) is 33.5 Å². The SMILES string of the molecule is CC[C@@H](C)C(=O)O[C@@H]1C[C@@]2(C)[C@H](c3ccoc3)OC(=O)C[C@]23O[C@@]2(C)O[C@@]34[C@H](OC(=O)C(C)C)[C@]3(O)[C@@H](OC(=O)[C@@](C)(O)CC)[C@@]5(C)C[C@]3(O)[C@](C)([C@H]5CC(=O)OC)[C@@]14O2. The molecule has 0 amide bonds. The molecular weight excluding hydrogens is 788 g/mol. The van der Waals surface area contributed by atoms with Crippen LogP contribution in [-0.2, 0) is 61.9 Å². The summed E-state index contributed by atoms with van der Waals surface area (Å²) in [6.45, 7) is 15.8. The molecule has 0 aromatic carbocycles. The lowest BCUT2D eigenvalue weighted by molar-refractivity contribution is -0.479. The summed E-state index contributed by atoms with van der Waals surface area (Å²) >= 11 is 0. The molecule has 2 spiro atoms. The molecular formula is C43H58O17. The summed E-state index contributed by atoms with van der Waals surface area (Å²) in [6, 6.07) is 1.61. The van der Waals surface area contributed by atoms with Crippen molar-refractivity contribution in [1.82, 2.24) is 0 Å². The van der Waals surface area contributed by atoms with E-state index < -0.39 is 141 Å². The van der Waals surface area contributed by atoms with Crippen LogP contribution in [0.25, 0.3) is 0 Å². The van der Waals surface area contributed by atoms with Gasteiger partial charge in [-0.2, -0.15) is 0 Å². The summed E-state index contributed by atoms with van der Waals surface area (Å²) in [4.78, 5) is 70.8. The van der Waals surface area contributed by atoms with Crippen LogP contribution in [0, 0.1) is 34.0 Å². The highest BCUT2D eigenvalue weighted by molar-refractivity contribution is 5.80. The number of fused-ring (bicyclic) bond motifs is 2. The molecule has 4 aliphatic carbocycles. The van der Waals surface area contributed by atoms with Gasteiger partial charge in [0.2, 0.25) is 0 Å². The standard InChI is InChI=1S/C43H58O17/c1-12-22(5)30(47)54-25-17-35(7)28(23-14-15-53-19-23)55-27(45)18-40(35)43-32(56-29(46)21(3)4)41(51)31(57-33(48)36(8,49)13-2)34(6)20-39(41,50)37(9,24(34)16-26(44)52-11)42(25,43)59-38(10,58-40)60-43/h14-15,19,21-22,24-25,28,31-32,49-51H,12-13,16-18,20H2,1-11H3/t22-,24+,25-,28+,31+,32-,34+,35+,36+,37+,38-,39+,40+,41-,42+,43+/m1/s1. The van der Waals surface area contributed by atoms with Crippen LogP contribution < -0.4 is 0 Å². The van der Waals surface area contributed by atoms with Gasteiger partial charge in [0, 0.05) is 35.2 Å². The highest BCUT2D eigenvalue weighted by atomic mass is 17.0. The first kappa shape index (κ1) is 43.1. The second kappa shape index (κ2) is 12.7. The van der Waals surface area contributed by atoms with Gasteiger partial charge in [0.25, 0.3) is 5.97 Å². The summed E-state index contributed by atoms with van der Waals surface area (Å²) < 4.78 is 57.7. The maximum atomic E-state index is 14.3. The number of furan rings is 1. The first-order valence-electron chi connectivity index (χ1n) is 20.9. The van der Waals surface area contributed by atoms with E-state index in [2.05, 4.69) is 0 Å². The van der Waals surface area contributed by atoms with Crippen molar-refractivity contribution in [1.29, 1.82) is 0 Å². The molecule has 8 rings (SSSR count). The van der Waals surface area contributed by atoms with E-state index in [1.54, 1.807) is 54.5 Å². The first-order chi connectivity index (χ1) is 27.8. The number of cyclic esters (lactones) is 1. The van der Waals surface area contributed by atoms with Gasteiger partial charge in [-0.15, -0.1) is 0 Å². The number of rotatable bonds is 11. The number of aliphatic hydroxyl groups is 3. The fraction of sp³-hybridized carbons (Fsp3) is 0.791. The topological polar surface area (TPSA) is 233 Å². The van der Waals surface area contributed by atoms with E-state index >= 15 is 0 Å². The number of esters is 5. The highest BCUT2D eigenvalue weighted by Gasteiger charge is 3.07. The van der Waals surface area contributed by atoms with E-state index in [0.717, 1.165) is 0 Å². The molecule has 17 nitrogen and oxygen atoms in total. The number of carbonyl (C=O) groups is 5. The Bertz CT molecular complexity index is 2020. The third-order valence-corrected chi connectivity index (χ3v) is 16.4. The quantitative estimate of drug-likeness (QED) is 0.214. The van der Waals surface area contributed by atoms with E-state index in [4.69, 9.17) is 42.3 Å². The van der Waals surface area contributed by atoms with Gasteiger partial charge >= 0.3 is 29.8 Å². The second-order valence-electron chi connectivity index (χ2n) is 19.7. The summed E-state index contributed by atoms with van der Waals surface area (Å²) in [5.74, 6) is -9.04. The molecule has 60 heavy (non-hydrogen) atoms. The lowest BCUT2D eigenvalue weighted by Crippen LogP contribution is -2.99. The van der Waals surface area contributed by atoms with Crippen molar-refractivity contribution in [3.05, 3.63) is 24.2 Å². The van der Waals surface area contributed by atoms with Gasteiger partial charge in [0.05, 0.1) is 37.9 Å². The van der Waals surface area contributed by atoms with Crippen molar-refractivity contribution in [2.45, 2.75) is 172 Å². The Morgan fingerprint density at radius 2 is 1.62 bits per heavy atom.